The van der Waals surface area contributed by atoms with Crippen molar-refractivity contribution in [3.05, 3.63) is 35.6 Å². The number of hydrogen-bond donors (Lipinski definition) is 1. The van der Waals surface area contributed by atoms with Crippen LogP contribution >= 0.6 is 0 Å². The summed E-state index contributed by atoms with van der Waals surface area (Å²) in [5, 5.41) is 0. The lowest BCUT2D eigenvalue weighted by Crippen LogP contribution is -2.17. The Hall–Kier alpha value is -0.960. The molecule has 0 saturated heterocycles. The third-order valence-electron chi connectivity index (χ3n) is 1.63. The number of halogens is 2. The lowest BCUT2D eigenvalue weighted by molar-refractivity contribution is 0.340. The van der Waals surface area contributed by atoms with E-state index in [1.54, 1.807) is 12.1 Å². The van der Waals surface area contributed by atoms with Crippen LogP contribution in [0.3, 0.4) is 0 Å². The Bertz CT molecular complexity index is 233. The molecular formula is C9H11F2N. The van der Waals surface area contributed by atoms with Gasteiger partial charge in [-0.15, -0.1) is 0 Å². The van der Waals surface area contributed by atoms with Crippen LogP contribution in [-0.4, -0.2) is 12.7 Å². The Morgan fingerprint density at radius 1 is 1.25 bits per heavy atom. The first-order chi connectivity index (χ1) is 5.72. The number of alkyl halides is 1. The minimum atomic E-state index is -1.03. The van der Waals surface area contributed by atoms with Crippen molar-refractivity contribution < 1.29 is 8.78 Å². The van der Waals surface area contributed by atoms with Crippen LogP contribution in [0.4, 0.5) is 8.78 Å². The fraction of sp³-hybridized carbons (Fsp3) is 0.333. The quantitative estimate of drug-likeness (QED) is 0.735. The second kappa shape index (κ2) is 4.16. The molecule has 3 heteroatoms. The zero-order chi connectivity index (χ0) is 8.97. The first-order valence-corrected chi connectivity index (χ1v) is 3.81. The third-order valence-corrected chi connectivity index (χ3v) is 1.63. The van der Waals surface area contributed by atoms with Crippen molar-refractivity contribution in [1.29, 1.82) is 0 Å². The van der Waals surface area contributed by atoms with E-state index in [2.05, 4.69) is 0 Å². The van der Waals surface area contributed by atoms with Gasteiger partial charge in [-0.1, -0.05) is 12.1 Å². The molecule has 0 saturated carbocycles. The Labute approximate surface area is 70.2 Å². The molecule has 2 N–H and O–H groups in total. The molecule has 0 aromatic heterocycles. The van der Waals surface area contributed by atoms with Crippen LogP contribution in [-0.2, 0) is 6.42 Å². The summed E-state index contributed by atoms with van der Waals surface area (Å²) in [5.74, 6) is -0.304. The Kier molecular flexibility index (Phi) is 3.17. The van der Waals surface area contributed by atoms with E-state index >= 15 is 0 Å². The largest absolute Gasteiger partial charge is 0.328 e. The number of nitrogens with two attached hydrogens (primary N) is 1. The van der Waals surface area contributed by atoms with E-state index in [0.29, 0.717) is 0 Å². The van der Waals surface area contributed by atoms with Gasteiger partial charge >= 0.3 is 0 Å². The predicted molar refractivity (Wildman–Crippen MR) is 44.1 cm³/mol. The lowest BCUT2D eigenvalue weighted by atomic mass is 10.1. The fourth-order valence-corrected chi connectivity index (χ4v) is 0.960. The molecule has 1 nitrogen and oxygen atoms in total. The highest BCUT2D eigenvalue weighted by Gasteiger charge is 2.04. The molecule has 0 heterocycles. The van der Waals surface area contributed by atoms with Crippen LogP contribution in [0.5, 0.6) is 0 Å². The van der Waals surface area contributed by atoms with Crippen LogP contribution in [0.1, 0.15) is 5.56 Å². The summed E-state index contributed by atoms with van der Waals surface area (Å²) >= 11 is 0. The van der Waals surface area contributed by atoms with E-state index in [1.165, 1.54) is 12.1 Å². The zero-order valence-electron chi connectivity index (χ0n) is 6.63. The van der Waals surface area contributed by atoms with Gasteiger partial charge < -0.3 is 5.73 Å². The van der Waals surface area contributed by atoms with Gasteiger partial charge in [0.2, 0.25) is 0 Å². The van der Waals surface area contributed by atoms with E-state index in [4.69, 9.17) is 5.73 Å². The molecule has 0 spiro atoms. The monoisotopic (exact) mass is 171 g/mol. The van der Waals surface area contributed by atoms with Gasteiger partial charge in [-0.3, -0.25) is 0 Å². The molecule has 0 aliphatic heterocycles. The van der Waals surface area contributed by atoms with Gasteiger partial charge in [0.05, 0.1) is 0 Å². The summed E-state index contributed by atoms with van der Waals surface area (Å²) in [6, 6.07) is 5.77. The number of benzene rings is 1. The standard InChI is InChI=1S/C9H11F2N/c10-8-3-1-7(2-4-8)5-9(11)6-12/h1-4,9H,5-6,12H2. The van der Waals surface area contributed by atoms with Crippen LogP contribution in [0, 0.1) is 5.82 Å². The normalized spacial score (nSPS) is 12.9. The SMILES string of the molecule is NCC(F)Cc1ccc(F)cc1. The van der Waals surface area contributed by atoms with Crippen molar-refractivity contribution in [3.63, 3.8) is 0 Å². The first kappa shape index (κ1) is 9.13. The fourth-order valence-electron chi connectivity index (χ4n) is 0.960. The molecule has 0 bridgehead atoms. The molecule has 0 amide bonds. The summed E-state index contributed by atoms with van der Waals surface area (Å²) in [4.78, 5) is 0. The van der Waals surface area contributed by atoms with Crippen LogP contribution < -0.4 is 5.73 Å². The molecular weight excluding hydrogens is 160 g/mol. The Morgan fingerprint density at radius 2 is 1.83 bits per heavy atom. The van der Waals surface area contributed by atoms with Crippen molar-refractivity contribution in [3.8, 4) is 0 Å². The van der Waals surface area contributed by atoms with Crippen LogP contribution in [0.15, 0.2) is 24.3 Å². The minimum Gasteiger partial charge on any atom is -0.328 e. The third kappa shape index (κ3) is 2.58. The minimum absolute atomic E-state index is 0.0113. The van der Waals surface area contributed by atoms with E-state index in [9.17, 15) is 8.78 Å². The van der Waals surface area contributed by atoms with Gasteiger partial charge in [-0.05, 0) is 17.7 Å². The topological polar surface area (TPSA) is 26.0 Å². The Morgan fingerprint density at radius 3 is 2.33 bits per heavy atom. The maximum Gasteiger partial charge on any atom is 0.123 e. The van der Waals surface area contributed by atoms with Crippen molar-refractivity contribution in [2.45, 2.75) is 12.6 Å². The molecule has 66 valence electrons. The van der Waals surface area contributed by atoms with Gasteiger partial charge in [0.1, 0.15) is 12.0 Å². The van der Waals surface area contributed by atoms with Gasteiger partial charge in [-0.2, -0.15) is 0 Å². The highest BCUT2D eigenvalue weighted by Crippen LogP contribution is 2.06. The van der Waals surface area contributed by atoms with Crippen LogP contribution in [0.2, 0.25) is 0 Å². The molecule has 0 radical (unpaired) electrons. The van der Waals surface area contributed by atoms with Crippen molar-refractivity contribution >= 4 is 0 Å². The Balaban J connectivity index is 2.58. The second-order valence-corrected chi connectivity index (χ2v) is 2.66. The maximum absolute atomic E-state index is 12.7. The molecule has 1 rings (SSSR count). The summed E-state index contributed by atoms with van der Waals surface area (Å²) in [6.07, 6.45) is -0.771. The predicted octanol–water partition coefficient (Wildman–Crippen LogP) is 1.66. The average Bonchev–Trinajstić information content (AvgIpc) is 2.09. The molecule has 1 unspecified atom stereocenters. The van der Waals surface area contributed by atoms with E-state index in [0.717, 1.165) is 5.56 Å². The molecule has 0 aliphatic rings. The zero-order valence-corrected chi connectivity index (χ0v) is 6.63. The summed E-state index contributed by atoms with van der Waals surface area (Å²) in [7, 11) is 0. The molecule has 0 aliphatic carbocycles. The number of hydrogen-bond acceptors (Lipinski definition) is 1. The lowest BCUT2D eigenvalue weighted by Gasteiger charge is -2.04. The van der Waals surface area contributed by atoms with Gasteiger partial charge in [0.15, 0.2) is 0 Å². The van der Waals surface area contributed by atoms with Gasteiger partial charge in [-0.25, -0.2) is 8.78 Å². The summed E-state index contributed by atoms with van der Waals surface area (Å²) in [6.45, 7) is 0.0113. The highest BCUT2D eigenvalue weighted by atomic mass is 19.1. The molecule has 12 heavy (non-hydrogen) atoms. The van der Waals surface area contributed by atoms with Crippen molar-refractivity contribution in [2.24, 2.45) is 5.73 Å². The molecule has 0 fully saturated rings. The van der Waals surface area contributed by atoms with Crippen LogP contribution in [0.25, 0.3) is 0 Å². The second-order valence-electron chi connectivity index (χ2n) is 2.66. The molecule has 1 aromatic rings. The summed E-state index contributed by atoms with van der Waals surface area (Å²) in [5.41, 5.74) is 5.87. The van der Waals surface area contributed by atoms with E-state index in [1.807, 2.05) is 0 Å². The first-order valence-electron chi connectivity index (χ1n) is 3.81. The van der Waals surface area contributed by atoms with Crippen molar-refractivity contribution in [1.82, 2.24) is 0 Å². The summed E-state index contributed by atoms with van der Waals surface area (Å²) < 4.78 is 25.1. The van der Waals surface area contributed by atoms with Crippen molar-refractivity contribution in [2.75, 3.05) is 6.54 Å². The van der Waals surface area contributed by atoms with E-state index < -0.39 is 6.17 Å². The highest BCUT2D eigenvalue weighted by molar-refractivity contribution is 5.16. The molecule has 1 atom stereocenters. The number of rotatable bonds is 3. The molecule has 1 aromatic carbocycles. The van der Waals surface area contributed by atoms with Gasteiger partial charge in [0.25, 0.3) is 0 Å². The average molecular weight is 171 g/mol. The smallest absolute Gasteiger partial charge is 0.123 e. The van der Waals surface area contributed by atoms with Gasteiger partial charge in [0, 0.05) is 13.0 Å². The maximum atomic E-state index is 12.7. The van der Waals surface area contributed by atoms with E-state index in [-0.39, 0.29) is 18.8 Å².